The van der Waals surface area contributed by atoms with Crippen LogP contribution in [0, 0.1) is 0 Å². The predicted octanol–water partition coefficient (Wildman–Crippen LogP) is 4.90. The van der Waals surface area contributed by atoms with E-state index >= 15 is 0 Å². The fraction of sp³-hybridized carbons (Fsp3) is 0.136. The molecule has 0 radical (unpaired) electrons. The summed E-state index contributed by atoms with van der Waals surface area (Å²) in [7, 11) is -3.91. The highest BCUT2D eigenvalue weighted by atomic mass is 32.2. The molecule has 168 valence electrons. The average Bonchev–Trinajstić information content (AvgIpc) is 2.72. The van der Waals surface area contributed by atoms with E-state index in [1.165, 1.54) is 36.4 Å². The lowest BCUT2D eigenvalue weighted by Gasteiger charge is -2.22. The minimum Gasteiger partial charge on any atom is -0.457 e. The molecule has 10 heteroatoms. The standard InChI is InChI=1S/C22H19F3N2O4S/c1-32(29,30)27(15-21(28)26-20-10-6-5-9-19(20)22(23,24)25)16-11-13-18(14-12-16)31-17-7-3-2-4-8-17/h2-14H,15H2,1H3,(H,26,28). The van der Waals surface area contributed by atoms with Crippen LogP contribution in [-0.2, 0) is 21.0 Å². The van der Waals surface area contributed by atoms with Crippen molar-refractivity contribution in [1.29, 1.82) is 0 Å². The first kappa shape index (κ1) is 23.1. The fourth-order valence-corrected chi connectivity index (χ4v) is 3.72. The van der Waals surface area contributed by atoms with Crippen LogP contribution in [0.3, 0.4) is 0 Å². The lowest BCUT2D eigenvalue weighted by atomic mass is 10.1. The summed E-state index contributed by atoms with van der Waals surface area (Å²) in [6.45, 7) is -0.704. The molecule has 1 N–H and O–H groups in total. The molecule has 0 bridgehead atoms. The maximum atomic E-state index is 13.1. The molecule has 0 saturated carbocycles. The van der Waals surface area contributed by atoms with E-state index < -0.39 is 39.9 Å². The van der Waals surface area contributed by atoms with E-state index in [-0.39, 0.29) is 5.69 Å². The Balaban J connectivity index is 1.77. The zero-order valence-corrected chi connectivity index (χ0v) is 17.7. The normalized spacial score (nSPS) is 11.6. The first-order chi connectivity index (χ1) is 15.0. The maximum absolute atomic E-state index is 13.1. The molecule has 32 heavy (non-hydrogen) atoms. The van der Waals surface area contributed by atoms with Crippen molar-refractivity contribution < 1.29 is 31.1 Å². The van der Waals surface area contributed by atoms with Crippen LogP contribution in [0.25, 0.3) is 0 Å². The molecule has 0 unspecified atom stereocenters. The molecule has 3 aromatic carbocycles. The van der Waals surface area contributed by atoms with E-state index in [1.54, 1.807) is 24.3 Å². The van der Waals surface area contributed by atoms with Crippen LogP contribution in [0.2, 0.25) is 0 Å². The second kappa shape index (κ2) is 9.31. The quantitative estimate of drug-likeness (QED) is 0.540. The molecule has 3 aromatic rings. The van der Waals surface area contributed by atoms with Gasteiger partial charge in [0.25, 0.3) is 0 Å². The lowest BCUT2D eigenvalue weighted by Crippen LogP contribution is -2.37. The molecular weight excluding hydrogens is 445 g/mol. The number of alkyl halides is 3. The summed E-state index contributed by atoms with van der Waals surface area (Å²) in [4.78, 5) is 12.4. The molecule has 3 rings (SSSR count). The number of nitrogens with one attached hydrogen (secondary N) is 1. The third-order valence-electron chi connectivity index (χ3n) is 4.30. The minimum atomic E-state index is -4.67. The number of anilines is 2. The highest BCUT2D eigenvalue weighted by Crippen LogP contribution is 2.34. The molecule has 0 aliphatic rings. The molecule has 0 aromatic heterocycles. The van der Waals surface area contributed by atoms with Gasteiger partial charge in [0, 0.05) is 0 Å². The SMILES string of the molecule is CS(=O)(=O)N(CC(=O)Nc1ccccc1C(F)(F)F)c1ccc(Oc2ccccc2)cc1. The van der Waals surface area contributed by atoms with Gasteiger partial charge in [-0.05, 0) is 48.5 Å². The Bertz CT molecular complexity index is 1180. The van der Waals surface area contributed by atoms with Gasteiger partial charge in [0.2, 0.25) is 15.9 Å². The first-order valence-electron chi connectivity index (χ1n) is 9.31. The summed E-state index contributed by atoms with van der Waals surface area (Å²) in [6, 6.07) is 19.3. The highest BCUT2D eigenvalue weighted by molar-refractivity contribution is 7.92. The average molecular weight is 464 g/mol. The Labute approximate surface area is 183 Å². The Kier molecular flexibility index (Phi) is 6.73. The van der Waals surface area contributed by atoms with Crippen LogP contribution in [0.1, 0.15) is 5.56 Å². The molecule has 0 fully saturated rings. The number of nitrogens with zero attached hydrogens (tertiary/aromatic N) is 1. The van der Waals surface area contributed by atoms with Crippen molar-refractivity contribution in [2.24, 2.45) is 0 Å². The molecule has 0 spiro atoms. The van der Waals surface area contributed by atoms with Crippen LogP contribution in [0.4, 0.5) is 24.5 Å². The van der Waals surface area contributed by atoms with Crippen LogP contribution < -0.4 is 14.4 Å². The van der Waals surface area contributed by atoms with E-state index in [2.05, 4.69) is 5.32 Å². The van der Waals surface area contributed by atoms with Crippen LogP contribution in [-0.4, -0.2) is 27.1 Å². The van der Waals surface area contributed by atoms with Crippen molar-refractivity contribution in [3.05, 3.63) is 84.4 Å². The van der Waals surface area contributed by atoms with Gasteiger partial charge in [-0.3, -0.25) is 9.10 Å². The first-order valence-corrected chi connectivity index (χ1v) is 11.2. The number of hydrogen-bond acceptors (Lipinski definition) is 4. The minimum absolute atomic E-state index is 0.159. The summed E-state index contributed by atoms with van der Waals surface area (Å²) in [5, 5.41) is 2.14. The third-order valence-corrected chi connectivity index (χ3v) is 5.44. The summed E-state index contributed by atoms with van der Waals surface area (Å²) < 4.78 is 70.4. The Morgan fingerprint density at radius 1 is 0.906 bits per heavy atom. The van der Waals surface area contributed by atoms with Crippen molar-refractivity contribution in [3.8, 4) is 11.5 Å². The Morgan fingerprint density at radius 2 is 1.47 bits per heavy atom. The zero-order chi connectivity index (χ0) is 23.4. The van der Waals surface area contributed by atoms with Gasteiger partial charge in [0.15, 0.2) is 0 Å². The summed E-state index contributed by atoms with van der Waals surface area (Å²) in [5.41, 5.74) is -1.32. The molecule has 0 atom stereocenters. The molecular formula is C22H19F3N2O4S. The Hall–Kier alpha value is -3.53. The number of hydrogen-bond donors (Lipinski definition) is 1. The summed E-state index contributed by atoms with van der Waals surface area (Å²) >= 11 is 0. The van der Waals surface area contributed by atoms with Gasteiger partial charge >= 0.3 is 6.18 Å². The monoisotopic (exact) mass is 464 g/mol. The summed E-state index contributed by atoms with van der Waals surface area (Å²) in [5.74, 6) is 0.108. The van der Waals surface area contributed by atoms with Gasteiger partial charge in [-0.1, -0.05) is 30.3 Å². The van der Waals surface area contributed by atoms with Crippen LogP contribution in [0.5, 0.6) is 11.5 Å². The second-order valence-electron chi connectivity index (χ2n) is 6.77. The number of rotatable bonds is 7. The number of ether oxygens (including phenoxy) is 1. The summed E-state index contributed by atoms with van der Waals surface area (Å²) in [6.07, 6.45) is -3.77. The zero-order valence-electron chi connectivity index (χ0n) is 16.8. The molecule has 1 amide bonds. The van der Waals surface area contributed by atoms with E-state index in [9.17, 15) is 26.4 Å². The number of para-hydroxylation sites is 2. The van der Waals surface area contributed by atoms with E-state index in [0.29, 0.717) is 11.5 Å². The topological polar surface area (TPSA) is 75.7 Å². The highest BCUT2D eigenvalue weighted by Gasteiger charge is 2.33. The Morgan fingerprint density at radius 3 is 2.06 bits per heavy atom. The van der Waals surface area contributed by atoms with Crippen molar-refractivity contribution in [1.82, 2.24) is 0 Å². The number of benzene rings is 3. The number of halogens is 3. The molecule has 0 saturated heterocycles. The van der Waals surface area contributed by atoms with E-state index in [4.69, 9.17) is 4.74 Å². The molecule has 6 nitrogen and oxygen atoms in total. The van der Waals surface area contributed by atoms with Gasteiger partial charge in [0.05, 0.1) is 23.2 Å². The molecule has 0 aliphatic heterocycles. The van der Waals surface area contributed by atoms with Crippen molar-refractivity contribution >= 4 is 27.3 Å². The largest absolute Gasteiger partial charge is 0.457 e. The van der Waals surface area contributed by atoms with Gasteiger partial charge in [-0.25, -0.2) is 8.42 Å². The number of amides is 1. The van der Waals surface area contributed by atoms with Gasteiger partial charge < -0.3 is 10.1 Å². The van der Waals surface area contributed by atoms with Crippen LogP contribution in [0.15, 0.2) is 78.9 Å². The maximum Gasteiger partial charge on any atom is 0.418 e. The third kappa shape index (κ3) is 6.01. The van der Waals surface area contributed by atoms with Gasteiger partial charge in [0.1, 0.15) is 18.0 Å². The van der Waals surface area contributed by atoms with Crippen molar-refractivity contribution in [3.63, 3.8) is 0 Å². The molecule has 0 heterocycles. The fourth-order valence-electron chi connectivity index (χ4n) is 2.86. The van der Waals surface area contributed by atoms with E-state index in [0.717, 1.165) is 22.7 Å². The number of carbonyl (C=O) groups excluding carboxylic acids is 1. The van der Waals surface area contributed by atoms with Gasteiger partial charge in [-0.15, -0.1) is 0 Å². The predicted molar refractivity (Wildman–Crippen MR) is 115 cm³/mol. The van der Waals surface area contributed by atoms with Gasteiger partial charge in [-0.2, -0.15) is 13.2 Å². The van der Waals surface area contributed by atoms with Crippen LogP contribution >= 0.6 is 0 Å². The van der Waals surface area contributed by atoms with Crippen molar-refractivity contribution in [2.45, 2.75) is 6.18 Å². The smallest absolute Gasteiger partial charge is 0.418 e. The lowest BCUT2D eigenvalue weighted by molar-refractivity contribution is -0.137. The van der Waals surface area contributed by atoms with Crippen molar-refractivity contribution in [2.75, 3.05) is 22.4 Å². The molecule has 0 aliphatic carbocycles. The second-order valence-corrected chi connectivity index (χ2v) is 8.68. The number of carbonyl (C=O) groups is 1. The van der Waals surface area contributed by atoms with E-state index in [1.807, 2.05) is 6.07 Å². The number of sulfonamides is 1.